The molecule has 1 aromatic carbocycles. The van der Waals surface area contributed by atoms with Crippen molar-refractivity contribution in [3.63, 3.8) is 0 Å². The molecule has 0 spiro atoms. The first kappa shape index (κ1) is 14.1. The molecule has 2 heterocycles. The van der Waals surface area contributed by atoms with Crippen molar-refractivity contribution in [3.05, 3.63) is 59.4 Å². The molecule has 0 fully saturated rings. The smallest absolute Gasteiger partial charge is 0.122 e. The van der Waals surface area contributed by atoms with Gasteiger partial charge in [-0.1, -0.05) is 25.1 Å². The van der Waals surface area contributed by atoms with Gasteiger partial charge in [0.15, 0.2) is 0 Å². The van der Waals surface area contributed by atoms with Gasteiger partial charge in [-0.05, 0) is 42.7 Å². The summed E-state index contributed by atoms with van der Waals surface area (Å²) >= 11 is 0. The van der Waals surface area contributed by atoms with Gasteiger partial charge in [0.05, 0.1) is 12.3 Å². The lowest BCUT2D eigenvalue weighted by Gasteiger charge is -2.23. The minimum Gasteiger partial charge on any atom is -0.493 e. The molecule has 1 aromatic heterocycles. The Morgan fingerprint density at radius 3 is 2.95 bits per heavy atom. The first-order valence-corrected chi connectivity index (χ1v) is 7.70. The van der Waals surface area contributed by atoms with Gasteiger partial charge in [-0.15, -0.1) is 0 Å². The summed E-state index contributed by atoms with van der Waals surface area (Å²) in [6, 6.07) is 13.2. The number of benzene rings is 1. The van der Waals surface area contributed by atoms with E-state index in [2.05, 4.69) is 48.4 Å². The molecule has 2 atom stereocenters. The molecule has 1 N–H and O–H groups in total. The van der Waals surface area contributed by atoms with Gasteiger partial charge in [0, 0.05) is 24.7 Å². The second-order valence-electron chi connectivity index (χ2n) is 5.57. The molecule has 0 amide bonds. The molecule has 0 bridgehead atoms. The van der Waals surface area contributed by atoms with Gasteiger partial charge in [0.2, 0.25) is 0 Å². The molecule has 1 aliphatic heterocycles. The molecule has 2 aromatic rings. The SMILES string of the molecule is CCC(NC(C)c1ccccn1)c1ccc2c(c1)CCO2. The molecule has 3 heteroatoms. The third kappa shape index (κ3) is 3.08. The Labute approximate surface area is 126 Å². The van der Waals surface area contributed by atoms with E-state index in [9.17, 15) is 0 Å². The summed E-state index contributed by atoms with van der Waals surface area (Å²) in [5, 5.41) is 3.69. The van der Waals surface area contributed by atoms with Crippen LogP contribution in [-0.2, 0) is 6.42 Å². The van der Waals surface area contributed by atoms with Crippen molar-refractivity contribution in [3.8, 4) is 5.75 Å². The Morgan fingerprint density at radius 1 is 1.29 bits per heavy atom. The van der Waals surface area contributed by atoms with E-state index in [1.807, 2.05) is 18.3 Å². The lowest BCUT2D eigenvalue weighted by Crippen LogP contribution is -2.24. The van der Waals surface area contributed by atoms with Gasteiger partial charge in [-0.25, -0.2) is 0 Å². The maximum Gasteiger partial charge on any atom is 0.122 e. The van der Waals surface area contributed by atoms with Crippen molar-refractivity contribution >= 4 is 0 Å². The molecular formula is C18H22N2O. The van der Waals surface area contributed by atoms with E-state index in [1.54, 1.807) is 0 Å². The maximum absolute atomic E-state index is 5.59. The summed E-state index contributed by atoms with van der Waals surface area (Å²) in [4.78, 5) is 4.44. The van der Waals surface area contributed by atoms with Gasteiger partial charge in [0.25, 0.3) is 0 Å². The van der Waals surface area contributed by atoms with Crippen molar-refractivity contribution in [1.82, 2.24) is 10.3 Å². The van der Waals surface area contributed by atoms with Crippen molar-refractivity contribution in [2.24, 2.45) is 0 Å². The summed E-state index contributed by atoms with van der Waals surface area (Å²) in [6.07, 6.45) is 3.92. The van der Waals surface area contributed by atoms with Crippen LogP contribution in [0.25, 0.3) is 0 Å². The number of aromatic nitrogens is 1. The van der Waals surface area contributed by atoms with Gasteiger partial charge < -0.3 is 10.1 Å². The topological polar surface area (TPSA) is 34.2 Å². The first-order valence-electron chi connectivity index (χ1n) is 7.70. The van der Waals surface area contributed by atoms with E-state index in [4.69, 9.17) is 4.74 Å². The van der Waals surface area contributed by atoms with E-state index in [-0.39, 0.29) is 6.04 Å². The number of rotatable bonds is 5. The predicted octanol–water partition coefficient (Wildman–Crippen LogP) is 3.82. The third-order valence-electron chi connectivity index (χ3n) is 4.11. The van der Waals surface area contributed by atoms with Crippen LogP contribution >= 0.6 is 0 Å². The molecule has 3 rings (SSSR count). The molecule has 3 nitrogen and oxygen atoms in total. The number of pyridine rings is 1. The highest BCUT2D eigenvalue weighted by atomic mass is 16.5. The minimum absolute atomic E-state index is 0.237. The Balaban J connectivity index is 1.76. The van der Waals surface area contributed by atoms with Crippen LogP contribution in [0, 0.1) is 0 Å². The average Bonchev–Trinajstić information content (AvgIpc) is 3.00. The van der Waals surface area contributed by atoms with Crippen LogP contribution in [0.1, 0.15) is 49.2 Å². The van der Waals surface area contributed by atoms with E-state index in [0.717, 1.165) is 30.9 Å². The molecular weight excluding hydrogens is 260 g/mol. The molecule has 21 heavy (non-hydrogen) atoms. The molecule has 110 valence electrons. The number of ether oxygens (including phenoxy) is 1. The highest BCUT2D eigenvalue weighted by molar-refractivity contribution is 5.40. The van der Waals surface area contributed by atoms with Crippen LogP contribution in [0.2, 0.25) is 0 Å². The fourth-order valence-electron chi connectivity index (χ4n) is 2.89. The van der Waals surface area contributed by atoms with Gasteiger partial charge in [-0.2, -0.15) is 0 Å². The predicted molar refractivity (Wildman–Crippen MR) is 84.5 cm³/mol. The zero-order valence-electron chi connectivity index (χ0n) is 12.7. The number of nitrogens with one attached hydrogen (secondary N) is 1. The highest BCUT2D eigenvalue weighted by Crippen LogP contribution is 2.30. The summed E-state index contributed by atoms with van der Waals surface area (Å²) in [6.45, 7) is 5.20. The number of fused-ring (bicyclic) bond motifs is 1. The van der Waals surface area contributed by atoms with Gasteiger partial charge in [-0.3, -0.25) is 4.98 Å². The van der Waals surface area contributed by atoms with Crippen LogP contribution in [0.3, 0.4) is 0 Å². The normalized spacial score (nSPS) is 16.1. The average molecular weight is 282 g/mol. The van der Waals surface area contributed by atoms with Gasteiger partial charge in [0.1, 0.15) is 5.75 Å². The lowest BCUT2D eigenvalue weighted by atomic mass is 9.99. The van der Waals surface area contributed by atoms with Crippen LogP contribution in [0.15, 0.2) is 42.6 Å². The third-order valence-corrected chi connectivity index (χ3v) is 4.11. The Bertz CT molecular complexity index is 597. The first-order chi connectivity index (χ1) is 10.3. The van der Waals surface area contributed by atoms with Crippen LogP contribution < -0.4 is 10.1 Å². The molecule has 0 saturated heterocycles. The molecule has 0 radical (unpaired) electrons. The quantitative estimate of drug-likeness (QED) is 0.905. The second kappa shape index (κ2) is 6.27. The van der Waals surface area contributed by atoms with E-state index < -0.39 is 0 Å². The number of nitrogens with zero attached hydrogens (tertiary/aromatic N) is 1. The molecule has 1 aliphatic rings. The minimum atomic E-state index is 0.237. The second-order valence-corrected chi connectivity index (χ2v) is 5.57. The van der Waals surface area contributed by atoms with Gasteiger partial charge >= 0.3 is 0 Å². The molecule has 2 unspecified atom stereocenters. The zero-order valence-corrected chi connectivity index (χ0v) is 12.7. The fraction of sp³-hybridized carbons (Fsp3) is 0.389. The zero-order chi connectivity index (χ0) is 14.7. The van der Waals surface area contributed by atoms with E-state index in [1.165, 1.54) is 11.1 Å². The van der Waals surface area contributed by atoms with Crippen LogP contribution in [-0.4, -0.2) is 11.6 Å². The monoisotopic (exact) mass is 282 g/mol. The van der Waals surface area contributed by atoms with Crippen molar-refractivity contribution < 1.29 is 4.74 Å². The van der Waals surface area contributed by atoms with Crippen LogP contribution in [0.4, 0.5) is 0 Å². The number of hydrogen-bond acceptors (Lipinski definition) is 3. The summed E-state index contributed by atoms with van der Waals surface area (Å²) in [5.41, 5.74) is 3.75. The lowest BCUT2D eigenvalue weighted by molar-refractivity contribution is 0.356. The Hall–Kier alpha value is -1.87. The summed E-state index contributed by atoms with van der Waals surface area (Å²) < 4.78 is 5.59. The molecule has 0 saturated carbocycles. The fourth-order valence-corrected chi connectivity index (χ4v) is 2.89. The van der Waals surface area contributed by atoms with Crippen molar-refractivity contribution in [1.29, 1.82) is 0 Å². The highest BCUT2D eigenvalue weighted by Gasteiger charge is 2.18. The Kier molecular flexibility index (Phi) is 4.20. The summed E-state index contributed by atoms with van der Waals surface area (Å²) in [7, 11) is 0. The van der Waals surface area contributed by atoms with Crippen molar-refractivity contribution in [2.45, 2.75) is 38.8 Å². The van der Waals surface area contributed by atoms with Crippen LogP contribution in [0.5, 0.6) is 5.75 Å². The Morgan fingerprint density at radius 2 is 2.19 bits per heavy atom. The standard InChI is InChI=1S/C18H22N2O/c1-3-16(20-13(2)17-6-4-5-10-19-17)14-7-8-18-15(12-14)9-11-21-18/h4-8,10,12-13,16,20H,3,9,11H2,1-2H3. The van der Waals surface area contributed by atoms with E-state index >= 15 is 0 Å². The maximum atomic E-state index is 5.59. The van der Waals surface area contributed by atoms with Crippen molar-refractivity contribution in [2.75, 3.05) is 6.61 Å². The largest absolute Gasteiger partial charge is 0.493 e. The summed E-state index contributed by atoms with van der Waals surface area (Å²) in [5.74, 6) is 1.05. The molecule has 0 aliphatic carbocycles. The number of hydrogen-bond donors (Lipinski definition) is 1. The van der Waals surface area contributed by atoms with E-state index in [0.29, 0.717) is 6.04 Å².